The van der Waals surface area contributed by atoms with Gasteiger partial charge in [-0.1, -0.05) is 30.3 Å². The number of benzene rings is 1. The maximum absolute atomic E-state index is 12.3. The van der Waals surface area contributed by atoms with Gasteiger partial charge in [-0.25, -0.2) is 0 Å². The summed E-state index contributed by atoms with van der Waals surface area (Å²) in [5.74, 6) is 0.569. The lowest BCUT2D eigenvalue weighted by Gasteiger charge is -2.26. The molecule has 5 heteroatoms. The van der Waals surface area contributed by atoms with Gasteiger partial charge in [-0.3, -0.25) is 9.00 Å². The third kappa shape index (κ3) is 3.60. The van der Waals surface area contributed by atoms with Crippen molar-refractivity contribution < 1.29 is 9.00 Å². The van der Waals surface area contributed by atoms with Crippen molar-refractivity contribution in [1.29, 1.82) is 0 Å². The van der Waals surface area contributed by atoms with Gasteiger partial charge in [0.2, 0.25) is 5.91 Å². The third-order valence-electron chi connectivity index (χ3n) is 3.62. The second-order valence-electron chi connectivity index (χ2n) is 5.15. The van der Waals surface area contributed by atoms with Crippen molar-refractivity contribution in [3.63, 3.8) is 0 Å². The van der Waals surface area contributed by atoms with E-state index in [4.69, 9.17) is 0 Å². The van der Waals surface area contributed by atoms with Crippen molar-refractivity contribution in [2.24, 2.45) is 0 Å². The molecule has 0 spiro atoms. The van der Waals surface area contributed by atoms with Crippen LogP contribution in [0.15, 0.2) is 41.8 Å². The number of fused-ring (bicyclic) bond motifs is 1. The highest BCUT2D eigenvalue weighted by atomic mass is 32.2. The van der Waals surface area contributed by atoms with E-state index < -0.39 is 10.8 Å². The van der Waals surface area contributed by atoms with Crippen LogP contribution in [-0.4, -0.2) is 27.3 Å². The van der Waals surface area contributed by atoms with Gasteiger partial charge in [-0.05, 0) is 29.0 Å². The van der Waals surface area contributed by atoms with Gasteiger partial charge in [0.15, 0.2) is 0 Å². The molecule has 1 aliphatic heterocycles. The zero-order valence-corrected chi connectivity index (χ0v) is 13.3. The van der Waals surface area contributed by atoms with Crippen molar-refractivity contribution in [2.45, 2.75) is 18.7 Å². The fourth-order valence-corrected chi connectivity index (χ4v) is 4.52. The summed E-state index contributed by atoms with van der Waals surface area (Å²) in [7, 11) is -1.14. The molecule has 0 bridgehead atoms. The number of carbonyl (C=O) groups excluding carboxylic acids is 1. The third-order valence-corrected chi connectivity index (χ3v) is 5.86. The quantitative estimate of drug-likeness (QED) is 0.868. The fraction of sp³-hybridized carbons (Fsp3) is 0.312. The highest BCUT2D eigenvalue weighted by molar-refractivity contribution is 7.84. The van der Waals surface area contributed by atoms with Crippen LogP contribution in [0.25, 0.3) is 0 Å². The van der Waals surface area contributed by atoms with Crippen LogP contribution < -0.4 is 0 Å². The van der Waals surface area contributed by atoms with Crippen LogP contribution in [0, 0.1) is 0 Å². The highest BCUT2D eigenvalue weighted by Gasteiger charge is 2.22. The van der Waals surface area contributed by atoms with Gasteiger partial charge in [0, 0.05) is 34.5 Å². The highest BCUT2D eigenvalue weighted by Crippen LogP contribution is 2.24. The molecule has 0 radical (unpaired) electrons. The van der Waals surface area contributed by atoms with E-state index in [0.717, 1.165) is 18.5 Å². The number of nitrogens with zero attached hydrogens (tertiary/aromatic N) is 1. The van der Waals surface area contributed by atoms with Gasteiger partial charge in [-0.15, -0.1) is 11.3 Å². The van der Waals surface area contributed by atoms with Gasteiger partial charge in [0.05, 0.1) is 0 Å². The summed E-state index contributed by atoms with van der Waals surface area (Å²) < 4.78 is 12.1. The van der Waals surface area contributed by atoms with Crippen molar-refractivity contribution in [3.05, 3.63) is 57.8 Å². The van der Waals surface area contributed by atoms with Gasteiger partial charge in [0.1, 0.15) is 5.75 Å². The van der Waals surface area contributed by atoms with E-state index in [1.165, 1.54) is 10.4 Å². The summed E-state index contributed by atoms with van der Waals surface area (Å²) in [6, 6.07) is 11.8. The van der Waals surface area contributed by atoms with E-state index in [-0.39, 0.29) is 11.7 Å². The Balaban J connectivity index is 1.56. The molecule has 3 rings (SSSR count). The number of thiophene rings is 1. The van der Waals surface area contributed by atoms with Crippen LogP contribution in [0.2, 0.25) is 0 Å². The minimum Gasteiger partial charge on any atom is -0.337 e. The number of hydrogen-bond donors (Lipinski definition) is 0. The molecule has 2 aromatic rings. The summed E-state index contributed by atoms with van der Waals surface area (Å²) in [5.41, 5.74) is 2.26. The predicted molar refractivity (Wildman–Crippen MR) is 86.6 cm³/mol. The minimum atomic E-state index is -1.14. The Morgan fingerprint density at radius 3 is 2.86 bits per heavy atom. The van der Waals surface area contributed by atoms with Crippen LogP contribution in [0.1, 0.15) is 16.0 Å². The molecular formula is C16H17NO2S2. The molecule has 1 atom stereocenters. The molecule has 0 saturated carbocycles. The molecule has 0 aliphatic carbocycles. The lowest BCUT2D eigenvalue weighted by molar-refractivity contribution is -0.129. The summed E-state index contributed by atoms with van der Waals surface area (Å²) in [4.78, 5) is 15.5. The standard InChI is InChI=1S/C16H17NO2S2/c18-16(12-21(19)11-13-4-2-1-3-5-13)17-8-6-15-14(10-17)7-9-20-15/h1-5,7,9H,6,8,10-12H2/t21-/m0/s1. The zero-order valence-electron chi connectivity index (χ0n) is 11.7. The van der Waals surface area contributed by atoms with Crippen molar-refractivity contribution in [1.82, 2.24) is 4.90 Å². The molecule has 2 heterocycles. The monoisotopic (exact) mass is 319 g/mol. The summed E-state index contributed by atoms with van der Waals surface area (Å²) >= 11 is 1.76. The molecule has 1 aliphatic rings. The second kappa shape index (κ2) is 6.54. The van der Waals surface area contributed by atoms with Gasteiger partial charge < -0.3 is 4.90 Å². The predicted octanol–water partition coefficient (Wildman–Crippen LogP) is 2.58. The molecule has 0 saturated heterocycles. The first-order valence-corrected chi connectivity index (χ1v) is 9.31. The summed E-state index contributed by atoms with van der Waals surface area (Å²) in [5, 5.41) is 2.08. The molecular weight excluding hydrogens is 302 g/mol. The maximum atomic E-state index is 12.3. The first-order valence-electron chi connectivity index (χ1n) is 6.94. The largest absolute Gasteiger partial charge is 0.337 e. The number of amides is 1. The topological polar surface area (TPSA) is 37.4 Å². The van der Waals surface area contributed by atoms with Crippen LogP contribution in [0.5, 0.6) is 0 Å². The van der Waals surface area contributed by atoms with Crippen LogP contribution >= 0.6 is 11.3 Å². The first-order chi connectivity index (χ1) is 10.2. The van der Waals surface area contributed by atoms with Gasteiger partial charge in [0.25, 0.3) is 0 Å². The molecule has 3 nitrogen and oxygen atoms in total. The van der Waals surface area contributed by atoms with E-state index in [2.05, 4.69) is 11.4 Å². The molecule has 110 valence electrons. The van der Waals surface area contributed by atoms with Gasteiger partial charge in [-0.2, -0.15) is 0 Å². The van der Waals surface area contributed by atoms with E-state index in [1.807, 2.05) is 35.2 Å². The Labute approximate surface area is 131 Å². The number of rotatable bonds is 4. The lowest BCUT2D eigenvalue weighted by atomic mass is 10.1. The van der Waals surface area contributed by atoms with Crippen LogP contribution in [0.3, 0.4) is 0 Å². The van der Waals surface area contributed by atoms with Crippen molar-refractivity contribution in [2.75, 3.05) is 12.3 Å². The molecule has 0 unspecified atom stereocenters. The average molecular weight is 319 g/mol. The molecule has 1 amide bonds. The Bertz CT molecular complexity index is 651. The van der Waals surface area contributed by atoms with Crippen LogP contribution in [-0.2, 0) is 34.3 Å². The van der Waals surface area contributed by atoms with Crippen molar-refractivity contribution >= 4 is 28.0 Å². The molecule has 21 heavy (non-hydrogen) atoms. The maximum Gasteiger partial charge on any atom is 0.235 e. The Morgan fingerprint density at radius 1 is 1.24 bits per heavy atom. The molecule has 1 aromatic carbocycles. The van der Waals surface area contributed by atoms with E-state index >= 15 is 0 Å². The second-order valence-corrected chi connectivity index (χ2v) is 7.61. The number of carbonyl (C=O) groups is 1. The van der Waals surface area contributed by atoms with E-state index in [1.54, 1.807) is 11.3 Å². The molecule has 0 fully saturated rings. The normalized spacial score (nSPS) is 15.5. The molecule has 0 N–H and O–H groups in total. The van der Waals surface area contributed by atoms with E-state index in [9.17, 15) is 9.00 Å². The van der Waals surface area contributed by atoms with Crippen molar-refractivity contribution in [3.8, 4) is 0 Å². The fourth-order valence-electron chi connectivity index (χ4n) is 2.50. The molecule has 1 aromatic heterocycles. The SMILES string of the molecule is O=C(C[S@@](=O)Cc1ccccc1)N1CCc2sccc2C1. The van der Waals surface area contributed by atoms with Gasteiger partial charge >= 0.3 is 0 Å². The zero-order chi connectivity index (χ0) is 14.7. The lowest BCUT2D eigenvalue weighted by Crippen LogP contribution is -2.38. The first kappa shape index (κ1) is 14.5. The van der Waals surface area contributed by atoms with E-state index in [0.29, 0.717) is 12.3 Å². The smallest absolute Gasteiger partial charge is 0.235 e. The summed E-state index contributed by atoms with van der Waals surface area (Å²) in [6.45, 7) is 1.41. The Morgan fingerprint density at radius 2 is 2.05 bits per heavy atom. The summed E-state index contributed by atoms with van der Waals surface area (Å²) in [6.07, 6.45) is 0.921. The number of hydrogen-bond acceptors (Lipinski definition) is 3. The minimum absolute atomic E-state index is 0.00103. The Kier molecular flexibility index (Phi) is 4.51. The Hall–Kier alpha value is -1.46. The van der Waals surface area contributed by atoms with Crippen LogP contribution in [0.4, 0.5) is 0 Å². The average Bonchev–Trinajstić information content (AvgIpc) is 2.95.